The number of benzene rings is 2. The van der Waals surface area contributed by atoms with Gasteiger partial charge < -0.3 is 15.3 Å². The number of hydrogen-bond acceptors (Lipinski definition) is 5. The van der Waals surface area contributed by atoms with Crippen molar-refractivity contribution in [3.8, 4) is 0 Å². The molecule has 0 radical (unpaired) electrons. The van der Waals surface area contributed by atoms with Gasteiger partial charge in [-0.2, -0.15) is 0 Å². The predicted molar refractivity (Wildman–Crippen MR) is 151 cm³/mol. The minimum Gasteiger partial charge on any atom is -0.361 e. The van der Waals surface area contributed by atoms with Gasteiger partial charge in [-0.15, -0.1) is 0 Å². The second kappa shape index (κ2) is 12.3. The zero-order valence-corrected chi connectivity index (χ0v) is 22.3. The normalized spacial score (nSPS) is 18.9. The summed E-state index contributed by atoms with van der Waals surface area (Å²) >= 11 is 0. The molecule has 0 bridgehead atoms. The van der Waals surface area contributed by atoms with Gasteiger partial charge in [0.25, 0.3) is 0 Å². The number of rotatable bonds is 10. The van der Waals surface area contributed by atoms with Crippen molar-refractivity contribution in [1.29, 1.82) is 0 Å². The highest BCUT2D eigenvalue weighted by Crippen LogP contribution is 2.27. The number of aliphatic hydroxyl groups is 1. The highest BCUT2D eigenvalue weighted by molar-refractivity contribution is 5.76. The number of para-hydroxylation sites is 3. The molecule has 2 N–H and O–H groups in total. The molecule has 7 heteroatoms. The molecule has 1 aromatic heterocycles. The number of fused-ring (bicyclic) bond motifs is 1. The molecule has 0 spiro atoms. The van der Waals surface area contributed by atoms with E-state index in [1.807, 2.05) is 33.4 Å². The molecule has 1 unspecified atom stereocenters. The van der Waals surface area contributed by atoms with Gasteiger partial charge in [0.15, 0.2) is 6.35 Å². The summed E-state index contributed by atoms with van der Waals surface area (Å²) in [5.74, 6) is 0. The average molecular weight is 506 g/mol. The van der Waals surface area contributed by atoms with Crippen molar-refractivity contribution in [2.45, 2.75) is 77.2 Å². The number of aromatic nitrogens is 2. The molecule has 0 amide bonds. The lowest BCUT2D eigenvalue weighted by Crippen LogP contribution is -2.46. The maximum absolute atomic E-state index is 13.7. The van der Waals surface area contributed by atoms with Gasteiger partial charge in [0.05, 0.1) is 11.0 Å². The summed E-state index contributed by atoms with van der Waals surface area (Å²) < 4.78 is 4.02. The summed E-state index contributed by atoms with van der Waals surface area (Å²) in [6, 6.07) is 16.6. The van der Waals surface area contributed by atoms with E-state index in [4.69, 9.17) is 0 Å². The molecule has 0 saturated carbocycles. The van der Waals surface area contributed by atoms with Crippen LogP contribution in [0, 0.1) is 0 Å². The van der Waals surface area contributed by atoms with Crippen LogP contribution in [-0.2, 0) is 13.0 Å². The van der Waals surface area contributed by atoms with Crippen LogP contribution in [0.3, 0.4) is 0 Å². The summed E-state index contributed by atoms with van der Waals surface area (Å²) in [6.07, 6.45) is 7.97. The highest BCUT2D eigenvalue weighted by Gasteiger charge is 2.28. The Morgan fingerprint density at radius 2 is 1.62 bits per heavy atom. The summed E-state index contributed by atoms with van der Waals surface area (Å²) in [6.45, 7) is 7.88. The maximum Gasteiger partial charge on any atom is 0.329 e. The Morgan fingerprint density at radius 1 is 0.919 bits per heavy atom. The third-order valence-electron chi connectivity index (χ3n) is 8.21. The van der Waals surface area contributed by atoms with Crippen molar-refractivity contribution >= 4 is 16.7 Å². The lowest BCUT2D eigenvalue weighted by molar-refractivity contribution is 0.00469. The first-order valence-corrected chi connectivity index (χ1v) is 14.3. The summed E-state index contributed by atoms with van der Waals surface area (Å²) in [5.41, 5.74) is 4.44. The number of nitrogens with zero attached hydrogens (tertiary/aromatic N) is 4. The van der Waals surface area contributed by atoms with Crippen molar-refractivity contribution in [3.05, 3.63) is 64.6 Å². The molecule has 2 aliphatic rings. The van der Waals surface area contributed by atoms with Crippen LogP contribution in [0.5, 0.6) is 0 Å². The molecule has 2 fully saturated rings. The number of likely N-dealkylation sites (tertiary alicyclic amines) is 2. The predicted octanol–water partition coefficient (Wildman–Crippen LogP) is 4.66. The number of imidazole rings is 1. The molecular formula is C30H43N5O2. The first-order chi connectivity index (χ1) is 18.2. The fraction of sp³-hybridized carbons (Fsp3) is 0.567. The van der Waals surface area contributed by atoms with Crippen LogP contribution in [0.1, 0.15) is 63.5 Å². The van der Waals surface area contributed by atoms with Crippen LogP contribution in [0.4, 0.5) is 5.69 Å². The molecule has 0 aliphatic carbocycles. The largest absolute Gasteiger partial charge is 0.361 e. The van der Waals surface area contributed by atoms with E-state index < -0.39 is 6.35 Å². The van der Waals surface area contributed by atoms with Gasteiger partial charge in [0.1, 0.15) is 0 Å². The van der Waals surface area contributed by atoms with E-state index in [-0.39, 0.29) is 11.7 Å². The molecule has 1 atom stereocenters. The zero-order chi connectivity index (χ0) is 25.6. The molecule has 5 rings (SSSR count). The first-order valence-electron chi connectivity index (χ1n) is 14.3. The number of aryl methyl sites for hydroxylation is 2. The Bertz CT molecular complexity index is 1200. The van der Waals surface area contributed by atoms with Gasteiger partial charge in [0.2, 0.25) is 0 Å². The lowest BCUT2D eigenvalue weighted by Gasteiger charge is -2.36. The van der Waals surface area contributed by atoms with Crippen molar-refractivity contribution in [3.63, 3.8) is 0 Å². The van der Waals surface area contributed by atoms with E-state index in [1.54, 1.807) is 0 Å². The van der Waals surface area contributed by atoms with E-state index in [9.17, 15) is 9.90 Å². The average Bonchev–Trinajstić information content (AvgIpc) is 3.21. The van der Waals surface area contributed by atoms with Crippen LogP contribution in [0.25, 0.3) is 11.0 Å². The van der Waals surface area contributed by atoms with Gasteiger partial charge in [-0.05, 0) is 81.9 Å². The minimum atomic E-state index is -0.730. The van der Waals surface area contributed by atoms with E-state index in [0.29, 0.717) is 0 Å². The molecule has 200 valence electrons. The fourth-order valence-corrected chi connectivity index (χ4v) is 6.20. The van der Waals surface area contributed by atoms with Gasteiger partial charge in [-0.3, -0.25) is 14.0 Å². The quantitative estimate of drug-likeness (QED) is 0.393. The maximum atomic E-state index is 13.7. The van der Waals surface area contributed by atoms with E-state index >= 15 is 0 Å². The van der Waals surface area contributed by atoms with Gasteiger partial charge in [-0.25, -0.2) is 4.79 Å². The van der Waals surface area contributed by atoms with Crippen LogP contribution >= 0.6 is 0 Å². The fourth-order valence-electron chi connectivity index (χ4n) is 6.20. The van der Waals surface area contributed by atoms with Crippen LogP contribution in [0.2, 0.25) is 0 Å². The SMILES string of the molecule is CCCc1ccccc1NC(O)N1CCC(n2c(=O)n(CCCN3CCCCC3)c3ccccc32)CC1. The first kappa shape index (κ1) is 26.0. The Morgan fingerprint density at radius 3 is 2.38 bits per heavy atom. The highest BCUT2D eigenvalue weighted by atomic mass is 16.3. The summed E-state index contributed by atoms with van der Waals surface area (Å²) in [5, 5.41) is 14.3. The Labute approximate surface area is 220 Å². The molecule has 37 heavy (non-hydrogen) atoms. The monoisotopic (exact) mass is 505 g/mol. The summed E-state index contributed by atoms with van der Waals surface area (Å²) in [7, 11) is 0. The van der Waals surface area contributed by atoms with Crippen LogP contribution in [-0.4, -0.2) is 63.1 Å². The van der Waals surface area contributed by atoms with Crippen molar-refractivity contribution < 1.29 is 5.11 Å². The molecule has 3 aromatic rings. The van der Waals surface area contributed by atoms with Gasteiger partial charge in [0, 0.05) is 31.4 Å². The molecule has 2 aromatic carbocycles. The lowest BCUT2D eigenvalue weighted by atomic mass is 10.0. The topological polar surface area (TPSA) is 65.7 Å². The number of piperidine rings is 2. The second-order valence-electron chi connectivity index (χ2n) is 10.7. The third kappa shape index (κ3) is 5.95. The smallest absolute Gasteiger partial charge is 0.329 e. The van der Waals surface area contributed by atoms with Crippen LogP contribution in [0.15, 0.2) is 53.3 Å². The third-order valence-corrected chi connectivity index (χ3v) is 8.21. The Kier molecular flexibility index (Phi) is 8.64. The second-order valence-corrected chi connectivity index (χ2v) is 10.7. The zero-order valence-electron chi connectivity index (χ0n) is 22.3. The molecule has 7 nitrogen and oxygen atoms in total. The van der Waals surface area contributed by atoms with Gasteiger partial charge in [-0.1, -0.05) is 50.1 Å². The number of anilines is 1. The number of nitrogens with one attached hydrogen (secondary N) is 1. The van der Waals surface area contributed by atoms with E-state index in [1.165, 1.54) is 37.9 Å². The molecule has 3 heterocycles. The van der Waals surface area contributed by atoms with Crippen LogP contribution < -0.4 is 11.0 Å². The standard InChI is InChI=1S/C30H43N5O2/c1-2-11-24-12-4-5-13-26(24)31-29(36)33-22-16-25(17-23-33)35-28-15-7-6-14-27(28)34(30(35)37)21-10-20-32-18-8-3-9-19-32/h4-7,12-15,25,29,31,36H,2-3,8-11,16-23H2,1H3. The Balaban J connectivity index is 1.24. The van der Waals surface area contributed by atoms with Crippen molar-refractivity contribution in [2.24, 2.45) is 0 Å². The van der Waals surface area contributed by atoms with E-state index in [0.717, 1.165) is 75.0 Å². The number of hydrogen-bond donors (Lipinski definition) is 2. The number of aliphatic hydroxyl groups excluding tert-OH is 1. The Hall–Kier alpha value is -2.61. The molecule has 2 saturated heterocycles. The summed E-state index contributed by atoms with van der Waals surface area (Å²) in [4.78, 5) is 18.3. The molecule has 2 aliphatic heterocycles. The molecular weight excluding hydrogens is 462 g/mol. The minimum absolute atomic E-state index is 0.116. The van der Waals surface area contributed by atoms with E-state index in [2.05, 4.69) is 46.3 Å². The van der Waals surface area contributed by atoms with Crippen molar-refractivity contribution in [1.82, 2.24) is 18.9 Å². The van der Waals surface area contributed by atoms with Crippen molar-refractivity contribution in [2.75, 3.05) is 38.0 Å². The van der Waals surface area contributed by atoms with Gasteiger partial charge >= 0.3 is 5.69 Å².